The molecule has 106 valence electrons. The molecule has 7 nitrogen and oxygen atoms in total. The summed E-state index contributed by atoms with van der Waals surface area (Å²) in [5.74, 6) is -2.37. The van der Waals surface area contributed by atoms with Gasteiger partial charge in [-0.1, -0.05) is 0 Å². The second kappa shape index (κ2) is 6.01. The van der Waals surface area contributed by atoms with Crippen LogP contribution in [0, 0.1) is 5.92 Å². The average molecular weight is 270 g/mol. The number of carboxylic acids is 1. The Labute approximate surface area is 111 Å². The molecule has 0 bridgehead atoms. The van der Waals surface area contributed by atoms with Gasteiger partial charge in [-0.05, 0) is 12.8 Å². The average Bonchev–Trinajstić information content (AvgIpc) is 2.46. The Balaban J connectivity index is 1.84. The van der Waals surface area contributed by atoms with E-state index in [1.54, 1.807) is 4.90 Å². The SMILES string of the molecule is O=C(O)C(=O)N1CCN(C(=O)C2CCCOC2)CC1. The fraction of sp³-hybridized carbons (Fsp3) is 0.750. The lowest BCUT2D eigenvalue weighted by atomic mass is 10.0. The second-order valence-corrected chi connectivity index (χ2v) is 4.84. The van der Waals surface area contributed by atoms with Crippen LogP contribution in [0.1, 0.15) is 12.8 Å². The van der Waals surface area contributed by atoms with E-state index in [0.29, 0.717) is 26.3 Å². The van der Waals surface area contributed by atoms with Gasteiger partial charge in [-0.25, -0.2) is 4.79 Å². The maximum atomic E-state index is 12.2. The molecule has 0 aromatic carbocycles. The largest absolute Gasteiger partial charge is 0.474 e. The first-order chi connectivity index (χ1) is 9.09. The Morgan fingerprint density at radius 1 is 1.05 bits per heavy atom. The van der Waals surface area contributed by atoms with E-state index in [4.69, 9.17) is 9.84 Å². The van der Waals surface area contributed by atoms with Crippen molar-refractivity contribution in [3.8, 4) is 0 Å². The molecule has 0 aromatic heterocycles. The Hall–Kier alpha value is -1.63. The van der Waals surface area contributed by atoms with E-state index in [1.807, 2.05) is 0 Å². The highest BCUT2D eigenvalue weighted by Crippen LogP contribution is 2.17. The summed E-state index contributed by atoms with van der Waals surface area (Å²) in [6.45, 7) is 2.54. The molecule has 0 spiro atoms. The molecule has 0 aliphatic carbocycles. The van der Waals surface area contributed by atoms with Crippen LogP contribution >= 0.6 is 0 Å². The third-order valence-electron chi connectivity index (χ3n) is 3.57. The lowest BCUT2D eigenvalue weighted by Crippen LogP contribution is -2.53. The minimum atomic E-state index is -1.44. The minimum Gasteiger partial charge on any atom is -0.474 e. The van der Waals surface area contributed by atoms with Crippen molar-refractivity contribution < 1.29 is 24.2 Å². The van der Waals surface area contributed by atoms with E-state index < -0.39 is 11.9 Å². The summed E-state index contributed by atoms with van der Waals surface area (Å²) >= 11 is 0. The van der Waals surface area contributed by atoms with E-state index in [2.05, 4.69) is 0 Å². The number of carbonyl (C=O) groups is 3. The predicted molar refractivity (Wildman–Crippen MR) is 64.3 cm³/mol. The highest BCUT2D eigenvalue weighted by Gasteiger charge is 2.31. The van der Waals surface area contributed by atoms with Crippen LogP contribution < -0.4 is 0 Å². The minimum absolute atomic E-state index is 0.0575. The number of amides is 2. The lowest BCUT2D eigenvalue weighted by Gasteiger charge is -2.36. The molecular weight excluding hydrogens is 252 g/mol. The van der Waals surface area contributed by atoms with Gasteiger partial charge in [0.25, 0.3) is 0 Å². The zero-order chi connectivity index (χ0) is 13.8. The van der Waals surface area contributed by atoms with Crippen molar-refractivity contribution in [1.29, 1.82) is 0 Å². The Morgan fingerprint density at radius 2 is 1.68 bits per heavy atom. The van der Waals surface area contributed by atoms with Gasteiger partial charge in [-0.15, -0.1) is 0 Å². The molecule has 2 saturated heterocycles. The lowest BCUT2D eigenvalue weighted by molar-refractivity contribution is -0.157. The van der Waals surface area contributed by atoms with Gasteiger partial charge in [-0.2, -0.15) is 0 Å². The molecule has 0 saturated carbocycles. The highest BCUT2D eigenvalue weighted by atomic mass is 16.5. The van der Waals surface area contributed by atoms with Crippen LogP contribution in [0.2, 0.25) is 0 Å². The zero-order valence-corrected chi connectivity index (χ0v) is 10.7. The van der Waals surface area contributed by atoms with E-state index in [9.17, 15) is 14.4 Å². The summed E-state index contributed by atoms with van der Waals surface area (Å²) in [7, 11) is 0. The summed E-state index contributed by atoms with van der Waals surface area (Å²) in [4.78, 5) is 37.0. The molecule has 0 aromatic rings. The summed E-state index contributed by atoms with van der Waals surface area (Å²) in [5.41, 5.74) is 0. The first-order valence-electron chi connectivity index (χ1n) is 6.48. The third kappa shape index (κ3) is 3.23. The van der Waals surface area contributed by atoms with Crippen LogP contribution in [0.15, 0.2) is 0 Å². The van der Waals surface area contributed by atoms with E-state index in [-0.39, 0.29) is 24.9 Å². The molecule has 1 N–H and O–H groups in total. The first-order valence-corrected chi connectivity index (χ1v) is 6.48. The number of hydrogen-bond acceptors (Lipinski definition) is 4. The molecule has 2 heterocycles. The molecule has 2 aliphatic heterocycles. The van der Waals surface area contributed by atoms with Crippen LogP contribution in [-0.4, -0.2) is 72.1 Å². The predicted octanol–water partition coefficient (Wildman–Crippen LogP) is -0.832. The molecule has 2 aliphatic rings. The van der Waals surface area contributed by atoms with Crippen molar-refractivity contribution in [2.24, 2.45) is 5.92 Å². The number of aliphatic carboxylic acids is 1. The fourth-order valence-corrected chi connectivity index (χ4v) is 2.46. The number of hydrogen-bond donors (Lipinski definition) is 1. The van der Waals surface area contributed by atoms with Crippen molar-refractivity contribution >= 4 is 17.8 Å². The van der Waals surface area contributed by atoms with Gasteiger partial charge >= 0.3 is 11.9 Å². The molecule has 2 amide bonds. The smallest absolute Gasteiger partial charge is 0.394 e. The van der Waals surface area contributed by atoms with Crippen molar-refractivity contribution in [1.82, 2.24) is 9.80 Å². The van der Waals surface area contributed by atoms with Crippen molar-refractivity contribution in [2.75, 3.05) is 39.4 Å². The standard InChI is InChI=1S/C12H18N2O5/c15-10(9-2-1-7-19-8-9)13-3-5-14(6-4-13)11(16)12(17)18/h9H,1-8H2,(H,17,18). The van der Waals surface area contributed by atoms with Crippen molar-refractivity contribution in [3.05, 3.63) is 0 Å². The Kier molecular flexibility index (Phi) is 4.36. The number of piperazine rings is 1. The van der Waals surface area contributed by atoms with Gasteiger partial charge in [-0.3, -0.25) is 9.59 Å². The molecule has 7 heteroatoms. The summed E-state index contributed by atoms with van der Waals surface area (Å²) < 4.78 is 5.30. The topological polar surface area (TPSA) is 87.2 Å². The molecule has 0 radical (unpaired) electrons. The summed E-state index contributed by atoms with van der Waals surface area (Å²) in [6.07, 6.45) is 1.74. The quantitative estimate of drug-likeness (QED) is 0.628. The number of rotatable bonds is 1. The Morgan fingerprint density at radius 3 is 2.21 bits per heavy atom. The fourth-order valence-electron chi connectivity index (χ4n) is 2.46. The van der Waals surface area contributed by atoms with Gasteiger partial charge in [0, 0.05) is 32.8 Å². The van der Waals surface area contributed by atoms with Crippen LogP contribution in [0.4, 0.5) is 0 Å². The molecule has 19 heavy (non-hydrogen) atoms. The molecule has 2 fully saturated rings. The van der Waals surface area contributed by atoms with Gasteiger partial charge in [0.15, 0.2) is 0 Å². The number of carbonyl (C=O) groups excluding carboxylic acids is 2. The first kappa shape index (κ1) is 13.8. The number of nitrogens with zero attached hydrogens (tertiary/aromatic N) is 2. The van der Waals surface area contributed by atoms with E-state index in [0.717, 1.165) is 12.8 Å². The van der Waals surface area contributed by atoms with E-state index >= 15 is 0 Å². The molecule has 2 rings (SSSR count). The number of ether oxygens (including phenoxy) is 1. The zero-order valence-electron chi connectivity index (χ0n) is 10.7. The maximum absolute atomic E-state index is 12.2. The second-order valence-electron chi connectivity index (χ2n) is 4.84. The van der Waals surface area contributed by atoms with Crippen molar-refractivity contribution in [2.45, 2.75) is 12.8 Å². The van der Waals surface area contributed by atoms with Crippen LogP contribution in [0.25, 0.3) is 0 Å². The van der Waals surface area contributed by atoms with Gasteiger partial charge < -0.3 is 19.6 Å². The molecule has 1 atom stereocenters. The van der Waals surface area contributed by atoms with Crippen LogP contribution in [0.3, 0.4) is 0 Å². The molecular formula is C12H18N2O5. The summed E-state index contributed by atoms with van der Waals surface area (Å²) in [5, 5.41) is 8.62. The monoisotopic (exact) mass is 270 g/mol. The van der Waals surface area contributed by atoms with Crippen LogP contribution in [-0.2, 0) is 19.1 Å². The third-order valence-corrected chi connectivity index (χ3v) is 3.57. The van der Waals surface area contributed by atoms with Crippen molar-refractivity contribution in [3.63, 3.8) is 0 Å². The summed E-state index contributed by atoms with van der Waals surface area (Å²) in [6, 6.07) is 0. The van der Waals surface area contributed by atoms with Crippen LogP contribution in [0.5, 0.6) is 0 Å². The maximum Gasteiger partial charge on any atom is 0.394 e. The van der Waals surface area contributed by atoms with E-state index in [1.165, 1.54) is 4.90 Å². The Bertz CT molecular complexity index is 370. The normalized spacial score (nSPS) is 24.1. The number of carboxylic acid groups (broad SMARTS) is 1. The molecule has 1 unspecified atom stereocenters. The van der Waals surface area contributed by atoms with Gasteiger partial charge in [0.1, 0.15) is 0 Å². The van der Waals surface area contributed by atoms with Gasteiger partial charge in [0.2, 0.25) is 5.91 Å². The highest BCUT2D eigenvalue weighted by molar-refractivity contribution is 6.31. The van der Waals surface area contributed by atoms with Gasteiger partial charge in [0.05, 0.1) is 12.5 Å².